The highest BCUT2D eigenvalue weighted by molar-refractivity contribution is 7.07. The molecule has 0 spiro atoms. The number of nitrogens with zero attached hydrogens (tertiary/aromatic N) is 2. The first-order valence-corrected chi connectivity index (χ1v) is 11.3. The van der Waals surface area contributed by atoms with Crippen molar-refractivity contribution in [2.45, 2.75) is 27.3 Å². The molecule has 0 saturated heterocycles. The number of esters is 1. The van der Waals surface area contributed by atoms with Gasteiger partial charge in [0.15, 0.2) is 11.5 Å². The van der Waals surface area contributed by atoms with Crippen LogP contribution < -0.4 is 24.2 Å². The van der Waals surface area contributed by atoms with Crippen LogP contribution in [0.4, 0.5) is 0 Å². The van der Waals surface area contributed by atoms with Gasteiger partial charge in [-0.3, -0.25) is 14.2 Å². The van der Waals surface area contributed by atoms with E-state index >= 15 is 0 Å². The molecule has 0 bridgehead atoms. The van der Waals surface area contributed by atoms with Crippen LogP contribution in [0.25, 0.3) is 12.2 Å². The molecular weight excluding hydrogens is 456 g/mol. The van der Waals surface area contributed by atoms with E-state index in [4.69, 9.17) is 25.8 Å². The van der Waals surface area contributed by atoms with E-state index in [-0.39, 0.29) is 19.1 Å². The average Bonchev–Trinajstić information content (AvgIpc) is 3.03. The lowest BCUT2D eigenvalue weighted by molar-refractivity contribution is -0.135. The summed E-state index contributed by atoms with van der Waals surface area (Å²) in [4.78, 5) is 39.4. The van der Waals surface area contributed by atoms with Gasteiger partial charge in [0.2, 0.25) is 5.91 Å². The van der Waals surface area contributed by atoms with Crippen LogP contribution in [0.1, 0.15) is 26.3 Å². The SMILES string of the molecule is CCOC(=O)/C=c1\s/c(=C\c2cc(Cl)c(OC)c(OC)c2)c(=O)n1CC(=O)N(CC)CC. The van der Waals surface area contributed by atoms with Gasteiger partial charge < -0.3 is 19.1 Å². The molecule has 174 valence electrons. The minimum Gasteiger partial charge on any atom is -0.493 e. The third-order valence-corrected chi connectivity index (χ3v) is 5.97. The van der Waals surface area contributed by atoms with Crippen molar-refractivity contribution >= 4 is 47.0 Å². The molecule has 1 aromatic carbocycles. The number of rotatable bonds is 9. The van der Waals surface area contributed by atoms with Crippen molar-refractivity contribution in [3.05, 3.63) is 42.3 Å². The number of aromatic nitrogens is 1. The number of carbonyl (C=O) groups is 2. The van der Waals surface area contributed by atoms with Crippen molar-refractivity contribution in [1.29, 1.82) is 0 Å². The molecule has 0 saturated carbocycles. The molecule has 1 amide bonds. The van der Waals surface area contributed by atoms with Crippen LogP contribution in [0.2, 0.25) is 5.02 Å². The number of hydrogen-bond acceptors (Lipinski definition) is 7. The van der Waals surface area contributed by atoms with Crippen molar-refractivity contribution in [2.24, 2.45) is 0 Å². The lowest BCUT2D eigenvalue weighted by Crippen LogP contribution is -2.40. The number of amides is 1. The first-order chi connectivity index (χ1) is 15.3. The third kappa shape index (κ3) is 5.92. The summed E-state index contributed by atoms with van der Waals surface area (Å²) in [7, 11) is 2.97. The normalized spacial score (nSPS) is 12.1. The van der Waals surface area contributed by atoms with Crippen molar-refractivity contribution in [3.63, 3.8) is 0 Å². The number of benzene rings is 1. The Bertz CT molecular complexity index is 1150. The Morgan fingerprint density at radius 1 is 1.16 bits per heavy atom. The Morgan fingerprint density at radius 3 is 2.41 bits per heavy atom. The summed E-state index contributed by atoms with van der Waals surface area (Å²) in [5.41, 5.74) is 0.216. The summed E-state index contributed by atoms with van der Waals surface area (Å²) < 4.78 is 17.5. The van der Waals surface area contributed by atoms with E-state index in [9.17, 15) is 14.4 Å². The van der Waals surface area contributed by atoms with Gasteiger partial charge in [-0.15, -0.1) is 11.3 Å². The van der Waals surface area contributed by atoms with E-state index in [1.807, 2.05) is 13.8 Å². The predicted molar refractivity (Wildman–Crippen MR) is 125 cm³/mol. The largest absolute Gasteiger partial charge is 0.493 e. The molecule has 0 atom stereocenters. The van der Waals surface area contributed by atoms with Gasteiger partial charge in [0.25, 0.3) is 5.56 Å². The monoisotopic (exact) mass is 482 g/mol. The zero-order valence-corrected chi connectivity index (χ0v) is 20.3. The Labute approximate surface area is 195 Å². The fourth-order valence-corrected chi connectivity index (χ4v) is 4.39. The molecule has 32 heavy (non-hydrogen) atoms. The Morgan fingerprint density at radius 2 is 1.84 bits per heavy atom. The topological polar surface area (TPSA) is 87.1 Å². The second-order valence-corrected chi connectivity index (χ2v) is 8.01. The van der Waals surface area contributed by atoms with Gasteiger partial charge >= 0.3 is 5.97 Å². The predicted octanol–water partition coefficient (Wildman–Crippen LogP) is 1.62. The number of likely N-dealkylation sites (N-methyl/N-ethyl adjacent to an activating group) is 1. The van der Waals surface area contributed by atoms with Crippen molar-refractivity contribution in [3.8, 4) is 11.5 Å². The van der Waals surface area contributed by atoms with E-state index in [1.165, 1.54) is 24.9 Å². The number of hydrogen-bond donors (Lipinski definition) is 0. The summed E-state index contributed by atoms with van der Waals surface area (Å²) in [6, 6.07) is 3.33. The van der Waals surface area contributed by atoms with Gasteiger partial charge in [-0.25, -0.2) is 4.79 Å². The molecule has 0 fully saturated rings. The van der Waals surface area contributed by atoms with Crippen LogP contribution in [-0.4, -0.2) is 55.3 Å². The lowest BCUT2D eigenvalue weighted by atomic mass is 10.2. The van der Waals surface area contributed by atoms with E-state index in [0.29, 0.717) is 44.4 Å². The maximum atomic E-state index is 13.1. The highest BCUT2D eigenvalue weighted by Crippen LogP contribution is 2.36. The summed E-state index contributed by atoms with van der Waals surface area (Å²) >= 11 is 7.36. The van der Waals surface area contributed by atoms with Gasteiger partial charge in [0.1, 0.15) is 11.2 Å². The Balaban J connectivity index is 2.66. The van der Waals surface area contributed by atoms with Gasteiger partial charge in [-0.2, -0.15) is 0 Å². The minimum absolute atomic E-state index is 0.178. The number of carbonyl (C=O) groups excluding carboxylic acids is 2. The van der Waals surface area contributed by atoms with Crippen LogP contribution >= 0.6 is 22.9 Å². The maximum Gasteiger partial charge on any atom is 0.333 e. The maximum absolute atomic E-state index is 13.1. The molecule has 8 nitrogen and oxygen atoms in total. The average molecular weight is 483 g/mol. The second kappa shape index (κ2) is 11.7. The number of methoxy groups -OCH3 is 2. The standard InChI is InChI=1S/C22H27ClN2O6S/c1-6-24(7-2)18(26)13-25-19(12-20(27)31-8-3)32-17(22(25)28)11-14-9-15(23)21(30-5)16(10-14)29-4/h9-12H,6-8,13H2,1-5H3/b17-11-,19-12-. The third-order valence-electron chi connectivity index (χ3n) is 4.63. The number of halogens is 1. The van der Waals surface area contributed by atoms with Crippen LogP contribution in [0.5, 0.6) is 11.5 Å². The Kier molecular flexibility index (Phi) is 9.34. The molecule has 0 unspecified atom stereocenters. The van der Waals surface area contributed by atoms with Crippen molar-refractivity contribution in [2.75, 3.05) is 33.9 Å². The molecule has 0 radical (unpaired) electrons. The number of thiazole rings is 1. The fraction of sp³-hybridized carbons (Fsp3) is 0.409. The molecule has 0 aliphatic heterocycles. The molecule has 0 aliphatic rings. The molecule has 1 heterocycles. The molecule has 0 N–H and O–H groups in total. The molecule has 0 aliphatic carbocycles. The van der Waals surface area contributed by atoms with Crippen molar-refractivity contribution < 1.29 is 23.8 Å². The van der Waals surface area contributed by atoms with E-state index in [0.717, 1.165) is 11.3 Å². The smallest absolute Gasteiger partial charge is 0.333 e. The zero-order chi connectivity index (χ0) is 23.8. The summed E-state index contributed by atoms with van der Waals surface area (Å²) in [5, 5.41) is 0.324. The fourth-order valence-electron chi connectivity index (χ4n) is 3.06. The summed E-state index contributed by atoms with van der Waals surface area (Å²) in [6.45, 7) is 6.49. The van der Waals surface area contributed by atoms with Crippen LogP contribution in [0.3, 0.4) is 0 Å². The van der Waals surface area contributed by atoms with E-state index < -0.39 is 11.5 Å². The van der Waals surface area contributed by atoms with Crippen molar-refractivity contribution in [1.82, 2.24) is 9.47 Å². The van der Waals surface area contributed by atoms with E-state index in [2.05, 4.69) is 0 Å². The van der Waals surface area contributed by atoms with Gasteiger partial charge in [-0.1, -0.05) is 11.6 Å². The molecular formula is C22H27ClN2O6S. The molecule has 1 aromatic heterocycles. The lowest BCUT2D eigenvalue weighted by Gasteiger charge is -2.18. The molecule has 2 rings (SSSR count). The Hall–Kier alpha value is -2.78. The first-order valence-electron chi connectivity index (χ1n) is 10.1. The highest BCUT2D eigenvalue weighted by Gasteiger charge is 2.15. The van der Waals surface area contributed by atoms with Crippen LogP contribution in [0.15, 0.2) is 16.9 Å². The highest BCUT2D eigenvalue weighted by atomic mass is 35.5. The van der Waals surface area contributed by atoms with Crippen LogP contribution in [-0.2, 0) is 20.9 Å². The van der Waals surface area contributed by atoms with Gasteiger partial charge in [-0.05, 0) is 44.5 Å². The summed E-state index contributed by atoms with van der Waals surface area (Å²) in [5.74, 6) is 0.00170. The van der Waals surface area contributed by atoms with Crippen LogP contribution in [0, 0.1) is 0 Å². The molecule has 2 aromatic rings. The molecule has 10 heteroatoms. The van der Waals surface area contributed by atoms with Gasteiger partial charge in [0, 0.05) is 13.1 Å². The van der Waals surface area contributed by atoms with E-state index in [1.54, 1.807) is 30.0 Å². The minimum atomic E-state index is -0.585. The number of ether oxygens (including phenoxy) is 3. The first kappa shape index (κ1) is 25.5. The zero-order valence-electron chi connectivity index (χ0n) is 18.8. The van der Waals surface area contributed by atoms with Gasteiger partial charge in [0.05, 0.1) is 36.5 Å². The second-order valence-electron chi connectivity index (χ2n) is 6.54. The quantitative estimate of drug-likeness (QED) is 0.505. The summed E-state index contributed by atoms with van der Waals surface area (Å²) in [6.07, 6.45) is 2.85.